The van der Waals surface area contributed by atoms with E-state index >= 15 is 0 Å². The summed E-state index contributed by atoms with van der Waals surface area (Å²) in [5.41, 5.74) is 6.67. The van der Waals surface area contributed by atoms with Gasteiger partial charge in [-0.05, 0) is 24.6 Å². The van der Waals surface area contributed by atoms with Gasteiger partial charge in [-0.15, -0.1) is 5.92 Å². The predicted molar refractivity (Wildman–Crippen MR) is 65.3 cm³/mol. The molecular formula is C13H15NO3. The molecule has 0 aliphatic carbocycles. The molecule has 0 radical (unpaired) electrons. The van der Waals surface area contributed by atoms with Gasteiger partial charge in [-0.1, -0.05) is 12.0 Å². The molecule has 0 heterocycles. The van der Waals surface area contributed by atoms with Crippen molar-refractivity contribution in [1.29, 1.82) is 0 Å². The van der Waals surface area contributed by atoms with Gasteiger partial charge in [0.15, 0.2) is 0 Å². The molecule has 0 fully saturated rings. The Balaban J connectivity index is 2.99. The molecule has 0 saturated heterocycles. The van der Waals surface area contributed by atoms with Gasteiger partial charge in [-0.2, -0.15) is 0 Å². The molecule has 0 aromatic heterocycles. The minimum atomic E-state index is -0.329. The lowest BCUT2D eigenvalue weighted by molar-refractivity contribution is -0.140. The number of carbonyl (C=O) groups excluding carboxylic acids is 1. The van der Waals surface area contributed by atoms with Crippen LogP contribution in [0.4, 0.5) is 5.69 Å². The minimum Gasteiger partial charge on any atom is -0.506 e. The topological polar surface area (TPSA) is 72.5 Å². The molecule has 0 spiro atoms. The Morgan fingerprint density at radius 3 is 2.82 bits per heavy atom. The van der Waals surface area contributed by atoms with Crippen LogP contribution in [0.1, 0.15) is 24.8 Å². The van der Waals surface area contributed by atoms with Gasteiger partial charge in [0.1, 0.15) is 5.75 Å². The maximum Gasteiger partial charge on any atom is 0.307 e. The second-order valence-corrected chi connectivity index (χ2v) is 3.55. The summed E-state index contributed by atoms with van der Waals surface area (Å²) in [6.45, 7) is 1.70. The Morgan fingerprint density at radius 2 is 2.29 bits per heavy atom. The average molecular weight is 233 g/mol. The molecule has 0 aliphatic rings. The van der Waals surface area contributed by atoms with Crippen LogP contribution >= 0.6 is 0 Å². The molecule has 3 N–H and O–H groups in total. The van der Waals surface area contributed by atoms with Gasteiger partial charge in [0.25, 0.3) is 0 Å². The highest BCUT2D eigenvalue weighted by Crippen LogP contribution is 2.27. The zero-order chi connectivity index (χ0) is 12.8. The number of ether oxygens (including phenoxy) is 1. The number of nitrogen functional groups attached to an aromatic ring is 1. The van der Waals surface area contributed by atoms with Crippen molar-refractivity contribution in [3.8, 4) is 17.6 Å². The molecule has 0 amide bonds. The number of anilines is 1. The molecule has 1 rings (SSSR count). The Kier molecular flexibility index (Phi) is 4.41. The van der Waals surface area contributed by atoms with Crippen LogP contribution in [-0.4, -0.2) is 18.2 Å². The molecule has 90 valence electrons. The van der Waals surface area contributed by atoms with Crippen molar-refractivity contribution in [3.05, 3.63) is 23.8 Å². The van der Waals surface area contributed by atoms with Crippen molar-refractivity contribution in [2.24, 2.45) is 0 Å². The third-order valence-electron chi connectivity index (χ3n) is 2.37. The van der Waals surface area contributed by atoms with Crippen LogP contribution in [0.15, 0.2) is 18.2 Å². The highest BCUT2D eigenvalue weighted by Gasteiger charge is 2.15. The van der Waals surface area contributed by atoms with Crippen LogP contribution in [0.5, 0.6) is 5.75 Å². The summed E-state index contributed by atoms with van der Waals surface area (Å²) in [6.07, 6.45) is 0.168. The number of aromatic hydroxyl groups is 1. The third kappa shape index (κ3) is 3.42. The normalized spacial score (nSPS) is 11.2. The SMILES string of the molecule is CC#CC(CC(=O)OC)c1ccc(O)c(N)c1. The number of phenolic OH excluding ortho intramolecular Hbond substituents is 1. The molecular weight excluding hydrogens is 218 g/mol. The summed E-state index contributed by atoms with van der Waals surface area (Å²) in [4.78, 5) is 11.3. The van der Waals surface area contributed by atoms with E-state index in [1.165, 1.54) is 13.2 Å². The largest absolute Gasteiger partial charge is 0.506 e. The van der Waals surface area contributed by atoms with E-state index in [1.54, 1.807) is 19.1 Å². The molecule has 0 aliphatic heterocycles. The predicted octanol–water partition coefficient (Wildman–Crippen LogP) is 1.64. The summed E-state index contributed by atoms with van der Waals surface area (Å²) in [5.74, 6) is 5.12. The molecule has 4 heteroatoms. The Hall–Kier alpha value is -2.15. The highest BCUT2D eigenvalue weighted by molar-refractivity contribution is 5.71. The van der Waals surface area contributed by atoms with Crippen LogP contribution in [-0.2, 0) is 9.53 Å². The summed E-state index contributed by atoms with van der Waals surface area (Å²) in [6, 6.07) is 4.81. The van der Waals surface area contributed by atoms with Crippen LogP contribution in [0.2, 0.25) is 0 Å². The molecule has 1 unspecified atom stereocenters. The maximum absolute atomic E-state index is 11.3. The maximum atomic E-state index is 11.3. The number of nitrogens with two attached hydrogens (primary N) is 1. The molecule has 17 heavy (non-hydrogen) atoms. The number of rotatable bonds is 3. The smallest absolute Gasteiger partial charge is 0.307 e. The van der Waals surface area contributed by atoms with E-state index in [-0.39, 0.29) is 29.7 Å². The number of hydrogen-bond donors (Lipinski definition) is 2. The van der Waals surface area contributed by atoms with Gasteiger partial charge >= 0.3 is 5.97 Å². The lowest BCUT2D eigenvalue weighted by Crippen LogP contribution is -2.07. The molecule has 0 bridgehead atoms. The zero-order valence-electron chi connectivity index (χ0n) is 9.86. The number of hydrogen-bond acceptors (Lipinski definition) is 4. The van der Waals surface area contributed by atoms with E-state index in [9.17, 15) is 9.90 Å². The van der Waals surface area contributed by atoms with Gasteiger partial charge in [-0.25, -0.2) is 0 Å². The fourth-order valence-corrected chi connectivity index (χ4v) is 1.47. The average Bonchev–Trinajstić information content (AvgIpc) is 2.32. The number of methoxy groups -OCH3 is 1. The van der Waals surface area contributed by atoms with Gasteiger partial charge in [-0.3, -0.25) is 4.79 Å². The standard InChI is InChI=1S/C13H15NO3/c1-3-4-9(8-13(16)17-2)10-5-6-12(15)11(14)7-10/h5-7,9,15H,8,14H2,1-2H3. The van der Waals surface area contributed by atoms with Crippen molar-refractivity contribution in [1.82, 2.24) is 0 Å². The fourth-order valence-electron chi connectivity index (χ4n) is 1.47. The van der Waals surface area contributed by atoms with Gasteiger partial charge in [0, 0.05) is 0 Å². The third-order valence-corrected chi connectivity index (χ3v) is 2.37. The minimum absolute atomic E-state index is 0.0232. The zero-order valence-corrected chi connectivity index (χ0v) is 9.86. The Morgan fingerprint density at radius 1 is 1.59 bits per heavy atom. The molecule has 0 saturated carbocycles. The van der Waals surface area contributed by atoms with Crippen molar-refractivity contribution >= 4 is 11.7 Å². The van der Waals surface area contributed by atoms with Crippen LogP contribution in [0, 0.1) is 11.8 Å². The van der Waals surface area contributed by atoms with Crippen molar-refractivity contribution in [2.75, 3.05) is 12.8 Å². The van der Waals surface area contributed by atoms with E-state index in [1.807, 2.05) is 0 Å². The van der Waals surface area contributed by atoms with E-state index in [0.717, 1.165) is 5.56 Å². The molecule has 1 aromatic rings. The first kappa shape index (κ1) is 12.9. The lowest BCUT2D eigenvalue weighted by Gasteiger charge is -2.11. The summed E-state index contributed by atoms with van der Waals surface area (Å²) < 4.78 is 4.62. The Labute approximate surface area is 100 Å². The van der Waals surface area contributed by atoms with Crippen LogP contribution in [0.3, 0.4) is 0 Å². The first-order valence-corrected chi connectivity index (χ1v) is 5.16. The number of phenols is 1. The van der Waals surface area contributed by atoms with Crippen LogP contribution in [0.25, 0.3) is 0 Å². The van der Waals surface area contributed by atoms with E-state index in [4.69, 9.17) is 5.73 Å². The van der Waals surface area contributed by atoms with E-state index in [0.29, 0.717) is 0 Å². The van der Waals surface area contributed by atoms with Gasteiger partial charge in [0.05, 0.1) is 25.1 Å². The number of carbonyl (C=O) groups is 1. The first-order valence-electron chi connectivity index (χ1n) is 5.16. The monoisotopic (exact) mass is 233 g/mol. The van der Waals surface area contributed by atoms with E-state index in [2.05, 4.69) is 16.6 Å². The molecule has 4 nitrogen and oxygen atoms in total. The van der Waals surface area contributed by atoms with Crippen molar-refractivity contribution in [2.45, 2.75) is 19.3 Å². The van der Waals surface area contributed by atoms with E-state index < -0.39 is 0 Å². The fraction of sp³-hybridized carbons (Fsp3) is 0.308. The second-order valence-electron chi connectivity index (χ2n) is 3.55. The summed E-state index contributed by atoms with van der Waals surface area (Å²) in [5, 5.41) is 9.33. The highest BCUT2D eigenvalue weighted by atomic mass is 16.5. The van der Waals surface area contributed by atoms with Crippen molar-refractivity contribution < 1.29 is 14.6 Å². The van der Waals surface area contributed by atoms with Crippen LogP contribution < -0.4 is 5.73 Å². The Bertz CT molecular complexity index is 471. The second kappa shape index (κ2) is 5.80. The van der Waals surface area contributed by atoms with Gasteiger partial charge in [0.2, 0.25) is 0 Å². The lowest BCUT2D eigenvalue weighted by atomic mass is 9.95. The number of esters is 1. The summed E-state index contributed by atoms with van der Waals surface area (Å²) in [7, 11) is 1.34. The molecule has 1 atom stereocenters. The number of benzene rings is 1. The summed E-state index contributed by atoms with van der Waals surface area (Å²) >= 11 is 0. The molecule has 1 aromatic carbocycles. The first-order chi connectivity index (χ1) is 8.08. The van der Waals surface area contributed by atoms with Gasteiger partial charge < -0.3 is 15.6 Å². The van der Waals surface area contributed by atoms with Crippen molar-refractivity contribution in [3.63, 3.8) is 0 Å². The quantitative estimate of drug-likeness (QED) is 0.360.